The zero-order valence-corrected chi connectivity index (χ0v) is 19.7. The molecule has 3 aromatic rings. The summed E-state index contributed by atoms with van der Waals surface area (Å²) in [6.07, 6.45) is 3.48. The minimum absolute atomic E-state index is 0.0935. The number of thioether (sulfide) groups is 1. The molecule has 1 amide bonds. The maximum Gasteiger partial charge on any atom is 0.234 e. The van der Waals surface area contributed by atoms with E-state index in [1.807, 2.05) is 23.5 Å². The fourth-order valence-electron chi connectivity index (χ4n) is 3.78. The first-order chi connectivity index (χ1) is 14.4. The van der Waals surface area contributed by atoms with E-state index in [4.69, 9.17) is 11.6 Å². The summed E-state index contributed by atoms with van der Waals surface area (Å²) >= 11 is 9.24. The van der Waals surface area contributed by atoms with Gasteiger partial charge < -0.3 is 5.32 Å². The fourth-order valence-corrected chi connectivity index (χ4v) is 6.08. The van der Waals surface area contributed by atoms with Crippen molar-refractivity contribution in [3.63, 3.8) is 0 Å². The van der Waals surface area contributed by atoms with Gasteiger partial charge >= 0.3 is 0 Å². The number of carbonyl (C=O) groups is 1. The van der Waals surface area contributed by atoms with Gasteiger partial charge in [0.05, 0.1) is 5.75 Å². The van der Waals surface area contributed by atoms with Gasteiger partial charge in [0.25, 0.3) is 0 Å². The van der Waals surface area contributed by atoms with E-state index in [0.717, 1.165) is 29.7 Å². The van der Waals surface area contributed by atoms with E-state index in [-0.39, 0.29) is 17.7 Å². The molecule has 1 unspecified atom stereocenters. The van der Waals surface area contributed by atoms with E-state index in [1.165, 1.54) is 34.2 Å². The van der Waals surface area contributed by atoms with E-state index in [9.17, 15) is 4.79 Å². The van der Waals surface area contributed by atoms with Gasteiger partial charge in [-0.05, 0) is 62.8 Å². The minimum atomic E-state index is -0.0935. The van der Waals surface area contributed by atoms with Crippen LogP contribution in [0.25, 0.3) is 11.4 Å². The summed E-state index contributed by atoms with van der Waals surface area (Å²) in [7, 11) is 0. The number of halogens is 1. The monoisotopic (exact) mass is 460 g/mol. The number of rotatable bonds is 6. The predicted octanol–water partition coefficient (Wildman–Crippen LogP) is 6.10. The van der Waals surface area contributed by atoms with Crippen molar-refractivity contribution >= 4 is 46.3 Å². The Morgan fingerprint density at radius 3 is 3.00 bits per heavy atom. The lowest BCUT2D eigenvalue weighted by Crippen LogP contribution is -2.15. The Labute approximate surface area is 190 Å². The van der Waals surface area contributed by atoms with Crippen molar-refractivity contribution in [3.8, 4) is 11.4 Å². The molecule has 0 spiro atoms. The van der Waals surface area contributed by atoms with Gasteiger partial charge in [0, 0.05) is 32.6 Å². The fraction of sp³-hybridized carbons (Fsp3) is 0.409. The first kappa shape index (κ1) is 21.4. The van der Waals surface area contributed by atoms with Gasteiger partial charge in [0.15, 0.2) is 11.0 Å². The standard InChI is InChI=1S/C22H25ClN4OS2/c1-13(2)27-21(18-11-29-19-9-14(3)7-8-17(18)19)25-26-22(27)30-12-20(28)24-16-6-4-5-15(23)10-16/h4-6,10-11,13-14H,7-9,12H2,1-3H3,(H,24,28). The molecule has 8 heteroatoms. The van der Waals surface area contributed by atoms with Gasteiger partial charge in [0.2, 0.25) is 5.91 Å². The Bertz CT molecular complexity index is 1060. The molecule has 1 N–H and O–H groups in total. The highest BCUT2D eigenvalue weighted by molar-refractivity contribution is 7.99. The van der Waals surface area contributed by atoms with Crippen molar-refractivity contribution in [1.82, 2.24) is 14.8 Å². The Morgan fingerprint density at radius 2 is 2.23 bits per heavy atom. The van der Waals surface area contributed by atoms with Gasteiger partial charge in [-0.25, -0.2) is 0 Å². The quantitative estimate of drug-likeness (QED) is 0.451. The van der Waals surface area contributed by atoms with E-state index < -0.39 is 0 Å². The van der Waals surface area contributed by atoms with Crippen molar-refractivity contribution in [2.45, 2.75) is 51.2 Å². The van der Waals surface area contributed by atoms with Crippen LogP contribution < -0.4 is 5.32 Å². The highest BCUT2D eigenvalue weighted by Crippen LogP contribution is 2.39. The zero-order chi connectivity index (χ0) is 21.3. The van der Waals surface area contributed by atoms with Crippen LogP contribution in [0.4, 0.5) is 5.69 Å². The molecule has 0 saturated heterocycles. The number of thiophene rings is 1. The topological polar surface area (TPSA) is 59.8 Å². The lowest BCUT2D eigenvalue weighted by atomic mass is 9.88. The summed E-state index contributed by atoms with van der Waals surface area (Å²) < 4.78 is 2.15. The molecule has 1 aliphatic rings. The van der Waals surface area contributed by atoms with Gasteiger partial charge in [-0.3, -0.25) is 9.36 Å². The molecule has 0 saturated carbocycles. The Kier molecular flexibility index (Phi) is 6.51. The van der Waals surface area contributed by atoms with Crippen LogP contribution in [-0.4, -0.2) is 26.4 Å². The van der Waals surface area contributed by atoms with Crippen molar-refractivity contribution in [1.29, 1.82) is 0 Å². The van der Waals surface area contributed by atoms with Gasteiger partial charge in [0.1, 0.15) is 0 Å². The SMILES string of the molecule is CC1CCc2c(-c3nnc(SCC(=O)Nc4cccc(Cl)c4)n3C(C)C)csc2C1. The Balaban J connectivity index is 1.51. The molecule has 0 fully saturated rings. The third-order valence-corrected chi connectivity index (χ3v) is 7.49. The summed E-state index contributed by atoms with van der Waals surface area (Å²) in [5, 5.41) is 15.4. The minimum Gasteiger partial charge on any atom is -0.325 e. The maximum absolute atomic E-state index is 12.4. The normalized spacial score (nSPS) is 16.0. The van der Waals surface area contributed by atoms with Crippen LogP contribution in [0.3, 0.4) is 0 Å². The number of aromatic nitrogens is 3. The Hall–Kier alpha value is -1.83. The third kappa shape index (κ3) is 4.58. The molecule has 158 valence electrons. The van der Waals surface area contributed by atoms with E-state index >= 15 is 0 Å². The predicted molar refractivity (Wildman–Crippen MR) is 126 cm³/mol. The number of hydrogen-bond acceptors (Lipinski definition) is 5. The molecule has 2 heterocycles. The van der Waals surface area contributed by atoms with Crippen LogP contribution in [0.15, 0.2) is 34.8 Å². The molecule has 1 atom stereocenters. The second-order valence-corrected chi connectivity index (χ2v) is 10.4. The largest absolute Gasteiger partial charge is 0.325 e. The van der Waals surface area contributed by atoms with Gasteiger partial charge in [-0.2, -0.15) is 0 Å². The highest BCUT2D eigenvalue weighted by Gasteiger charge is 2.25. The van der Waals surface area contributed by atoms with Gasteiger partial charge in [-0.1, -0.05) is 36.4 Å². The molecule has 0 bridgehead atoms. The molecular formula is C22H25ClN4OS2. The van der Waals surface area contributed by atoms with Crippen LogP contribution in [0, 0.1) is 5.92 Å². The molecule has 0 aliphatic heterocycles. The molecular weight excluding hydrogens is 436 g/mol. The van der Waals surface area contributed by atoms with Crippen LogP contribution in [-0.2, 0) is 17.6 Å². The van der Waals surface area contributed by atoms with Crippen LogP contribution in [0.5, 0.6) is 0 Å². The van der Waals surface area contributed by atoms with E-state index in [0.29, 0.717) is 10.7 Å². The summed E-state index contributed by atoms with van der Waals surface area (Å²) in [5.74, 6) is 1.83. The number of amides is 1. The molecule has 1 aliphatic carbocycles. The second-order valence-electron chi connectivity index (χ2n) is 8.02. The van der Waals surface area contributed by atoms with Crippen LogP contribution in [0.1, 0.15) is 43.7 Å². The number of nitrogens with zero attached hydrogens (tertiary/aromatic N) is 3. The van der Waals surface area contributed by atoms with Gasteiger partial charge in [-0.15, -0.1) is 21.5 Å². The van der Waals surface area contributed by atoms with Crippen molar-refractivity contribution in [2.24, 2.45) is 5.92 Å². The van der Waals surface area contributed by atoms with E-state index in [1.54, 1.807) is 12.1 Å². The first-order valence-electron chi connectivity index (χ1n) is 10.1. The maximum atomic E-state index is 12.4. The molecule has 0 radical (unpaired) electrons. The average Bonchev–Trinajstić information content (AvgIpc) is 3.29. The van der Waals surface area contributed by atoms with Crippen molar-refractivity contribution in [3.05, 3.63) is 45.1 Å². The first-order valence-corrected chi connectivity index (χ1v) is 12.4. The molecule has 30 heavy (non-hydrogen) atoms. The number of nitrogens with one attached hydrogen (secondary N) is 1. The van der Waals surface area contributed by atoms with Crippen molar-refractivity contribution < 1.29 is 4.79 Å². The van der Waals surface area contributed by atoms with Crippen LogP contribution >= 0.6 is 34.7 Å². The summed E-state index contributed by atoms with van der Waals surface area (Å²) in [6, 6.07) is 7.35. The lowest BCUT2D eigenvalue weighted by Gasteiger charge is -2.19. The summed E-state index contributed by atoms with van der Waals surface area (Å²) in [5.41, 5.74) is 3.33. The molecule has 5 nitrogen and oxygen atoms in total. The summed E-state index contributed by atoms with van der Waals surface area (Å²) in [4.78, 5) is 13.9. The highest BCUT2D eigenvalue weighted by atomic mass is 35.5. The number of hydrogen-bond donors (Lipinski definition) is 1. The lowest BCUT2D eigenvalue weighted by molar-refractivity contribution is -0.113. The number of fused-ring (bicyclic) bond motifs is 1. The Morgan fingerprint density at radius 1 is 1.40 bits per heavy atom. The summed E-state index contributed by atoms with van der Waals surface area (Å²) in [6.45, 7) is 6.58. The van der Waals surface area contributed by atoms with Crippen LogP contribution in [0.2, 0.25) is 5.02 Å². The third-order valence-electron chi connectivity index (χ3n) is 5.26. The van der Waals surface area contributed by atoms with E-state index in [2.05, 4.69) is 46.2 Å². The molecule has 2 aromatic heterocycles. The molecule has 1 aromatic carbocycles. The van der Waals surface area contributed by atoms with Crippen molar-refractivity contribution in [2.75, 3.05) is 11.1 Å². The average molecular weight is 461 g/mol. The second kappa shape index (κ2) is 9.12. The number of anilines is 1. The number of benzene rings is 1. The molecule has 4 rings (SSSR count). The number of carbonyl (C=O) groups excluding carboxylic acids is 1. The smallest absolute Gasteiger partial charge is 0.234 e. The zero-order valence-electron chi connectivity index (χ0n) is 17.3.